The van der Waals surface area contributed by atoms with Crippen LogP contribution in [0, 0.1) is 0 Å². The Hall–Kier alpha value is -1.72. The van der Waals surface area contributed by atoms with Gasteiger partial charge >= 0.3 is 0 Å². The third-order valence-electron chi connectivity index (χ3n) is 2.92. The Kier molecular flexibility index (Phi) is 4.07. The number of likely N-dealkylation sites (N-methyl/N-ethyl adjacent to an activating group) is 1. The van der Waals surface area contributed by atoms with Gasteiger partial charge in [-0.05, 0) is 19.0 Å². The second kappa shape index (κ2) is 5.75. The summed E-state index contributed by atoms with van der Waals surface area (Å²) in [5.74, 6) is -0.591. The summed E-state index contributed by atoms with van der Waals surface area (Å²) in [5.41, 5.74) is 0.921. The molecule has 2 rings (SSSR count). The van der Waals surface area contributed by atoms with E-state index in [0.29, 0.717) is 12.8 Å². The smallest absolute Gasteiger partial charge is 0.270 e. The average molecular weight is 248 g/mol. The molecule has 0 saturated carbocycles. The topological polar surface area (TPSA) is 58.6 Å². The summed E-state index contributed by atoms with van der Waals surface area (Å²) in [5, 5.41) is 3.77. The predicted octanol–water partition coefficient (Wildman–Crippen LogP) is 0.855. The summed E-state index contributed by atoms with van der Waals surface area (Å²) in [6.45, 7) is 0.217. The van der Waals surface area contributed by atoms with E-state index in [1.807, 2.05) is 30.3 Å². The summed E-state index contributed by atoms with van der Waals surface area (Å²) in [6, 6.07) is 9.10. The normalized spacial score (nSPS) is 20.3. The number of imide groups is 1. The fourth-order valence-corrected chi connectivity index (χ4v) is 1.87. The molecule has 1 saturated heterocycles. The van der Waals surface area contributed by atoms with Crippen LogP contribution in [0.25, 0.3) is 0 Å². The van der Waals surface area contributed by atoms with E-state index in [9.17, 15) is 9.59 Å². The van der Waals surface area contributed by atoms with Crippen LogP contribution in [0.2, 0.25) is 0 Å². The fourth-order valence-electron chi connectivity index (χ4n) is 1.87. The van der Waals surface area contributed by atoms with Crippen LogP contribution >= 0.6 is 0 Å². The number of rotatable bonds is 4. The Morgan fingerprint density at radius 2 is 2.06 bits per heavy atom. The van der Waals surface area contributed by atoms with Crippen molar-refractivity contribution in [1.29, 1.82) is 0 Å². The van der Waals surface area contributed by atoms with E-state index in [0.717, 1.165) is 10.6 Å². The number of carbonyl (C=O) groups excluding carboxylic acids is 2. The average Bonchev–Trinajstić information content (AvgIpc) is 2.40. The first-order valence-electron chi connectivity index (χ1n) is 5.93. The van der Waals surface area contributed by atoms with Gasteiger partial charge in [-0.2, -0.15) is 5.06 Å². The van der Waals surface area contributed by atoms with Gasteiger partial charge in [-0.15, -0.1) is 0 Å². The van der Waals surface area contributed by atoms with Gasteiger partial charge in [0.05, 0.1) is 6.04 Å². The highest BCUT2D eigenvalue weighted by atomic mass is 16.7. The second-order valence-electron chi connectivity index (χ2n) is 4.17. The number of piperidine rings is 1. The molecule has 0 aromatic heterocycles. The van der Waals surface area contributed by atoms with Crippen molar-refractivity contribution in [2.24, 2.45) is 0 Å². The van der Waals surface area contributed by atoms with E-state index in [2.05, 4.69) is 5.32 Å². The summed E-state index contributed by atoms with van der Waals surface area (Å²) in [6.07, 6.45) is 0.853. The maximum atomic E-state index is 11.9. The van der Waals surface area contributed by atoms with Gasteiger partial charge in [0.1, 0.15) is 6.61 Å². The molecule has 1 heterocycles. The molecule has 1 aliphatic heterocycles. The summed E-state index contributed by atoms with van der Waals surface area (Å²) in [4.78, 5) is 28.9. The van der Waals surface area contributed by atoms with Gasteiger partial charge in [0.15, 0.2) is 0 Å². The highest BCUT2D eigenvalue weighted by Crippen LogP contribution is 2.14. The van der Waals surface area contributed by atoms with Crippen LogP contribution in [0.4, 0.5) is 0 Å². The zero-order valence-electron chi connectivity index (χ0n) is 10.3. The number of hydrogen-bond acceptors (Lipinski definition) is 4. The largest absolute Gasteiger partial charge is 0.309 e. The Labute approximate surface area is 106 Å². The van der Waals surface area contributed by atoms with Crippen LogP contribution in [0.1, 0.15) is 18.4 Å². The number of nitrogens with zero attached hydrogens (tertiary/aromatic N) is 1. The van der Waals surface area contributed by atoms with E-state index in [4.69, 9.17) is 4.84 Å². The van der Waals surface area contributed by atoms with Gasteiger partial charge in [-0.25, -0.2) is 0 Å². The minimum absolute atomic E-state index is 0.217. The lowest BCUT2D eigenvalue weighted by Crippen LogP contribution is -2.52. The first kappa shape index (κ1) is 12.7. The lowest BCUT2D eigenvalue weighted by molar-refractivity contribution is -0.204. The monoisotopic (exact) mass is 248 g/mol. The lowest BCUT2D eigenvalue weighted by Gasteiger charge is -2.29. The van der Waals surface area contributed by atoms with Crippen molar-refractivity contribution in [2.45, 2.75) is 25.5 Å². The molecule has 0 bridgehead atoms. The highest BCUT2D eigenvalue weighted by Gasteiger charge is 2.34. The molecule has 5 nitrogen and oxygen atoms in total. The Morgan fingerprint density at radius 3 is 2.72 bits per heavy atom. The molecule has 96 valence electrons. The van der Waals surface area contributed by atoms with Crippen LogP contribution < -0.4 is 5.32 Å². The highest BCUT2D eigenvalue weighted by molar-refractivity contribution is 5.99. The van der Waals surface area contributed by atoms with Crippen molar-refractivity contribution in [2.75, 3.05) is 7.05 Å². The Bertz CT molecular complexity index is 433. The maximum Gasteiger partial charge on any atom is 0.270 e. The third kappa shape index (κ3) is 2.75. The van der Waals surface area contributed by atoms with Crippen LogP contribution in [0.3, 0.4) is 0 Å². The van der Waals surface area contributed by atoms with E-state index in [-0.39, 0.29) is 24.5 Å². The SMILES string of the molecule is CNC1CCC(=O)N(OCc2ccccc2)C1=O. The van der Waals surface area contributed by atoms with E-state index < -0.39 is 0 Å². The molecule has 1 aliphatic rings. The molecule has 2 amide bonds. The first-order valence-corrected chi connectivity index (χ1v) is 5.93. The molecular formula is C13H16N2O3. The molecule has 1 fully saturated rings. The number of hydroxylamine groups is 2. The molecular weight excluding hydrogens is 232 g/mol. The number of carbonyl (C=O) groups is 2. The third-order valence-corrected chi connectivity index (χ3v) is 2.92. The van der Waals surface area contributed by atoms with Crippen molar-refractivity contribution >= 4 is 11.8 Å². The van der Waals surface area contributed by atoms with Gasteiger partial charge in [-0.3, -0.25) is 14.4 Å². The zero-order chi connectivity index (χ0) is 13.0. The second-order valence-corrected chi connectivity index (χ2v) is 4.17. The maximum absolute atomic E-state index is 11.9. The van der Waals surface area contributed by atoms with Gasteiger partial charge in [0.25, 0.3) is 11.8 Å². The van der Waals surface area contributed by atoms with E-state index >= 15 is 0 Å². The molecule has 18 heavy (non-hydrogen) atoms. The summed E-state index contributed by atoms with van der Waals surface area (Å²) >= 11 is 0. The molecule has 0 spiro atoms. The molecule has 0 radical (unpaired) electrons. The fraction of sp³-hybridized carbons (Fsp3) is 0.385. The Balaban J connectivity index is 1.98. The van der Waals surface area contributed by atoms with Crippen molar-refractivity contribution in [3.63, 3.8) is 0 Å². The van der Waals surface area contributed by atoms with Crippen molar-refractivity contribution in [3.05, 3.63) is 35.9 Å². The van der Waals surface area contributed by atoms with Crippen molar-refractivity contribution < 1.29 is 14.4 Å². The molecule has 1 atom stereocenters. The van der Waals surface area contributed by atoms with Crippen LogP contribution in [-0.4, -0.2) is 30.0 Å². The van der Waals surface area contributed by atoms with Crippen molar-refractivity contribution in [3.8, 4) is 0 Å². The predicted molar refractivity (Wildman–Crippen MR) is 65.2 cm³/mol. The van der Waals surface area contributed by atoms with Crippen molar-refractivity contribution in [1.82, 2.24) is 10.4 Å². The van der Waals surface area contributed by atoms with Gasteiger partial charge < -0.3 is 5.32 Å². The summed E-state index contributed by atoms with van der Waals surface area (Å²) in [7, 11) is 1.70. The van der Waals surface area contributed by atoms with E-state index in [1.165, 1.54) is 0 Å². The molecule has 1 aromatic carbocycles. The molecule has 5 heteroatoms. The van der Waals surface area contributed by atoms with Crippen LogP contribution in [0.15, 0.2) is 30.3 Å². The quantitative estimate of drug-likeness (QED) is 0.803. The minimum Gasteiger partial charge on any atom is -0.309 e. The summed E-state index contributed by atoms with van der Waals surface area (Å²) < 4.78 is 0. The first-order chi connectivity index (χ1) is 8.72. The molecule has 0 aliphatic carbocycles. The lowest BCUT2D eigenvalue weighted by atomic mass is 10.1. The van der Waals surface area contributed by atoms with Gasteiger partial charge in [0.2, 0.25) is 0 Å². The number of hydrogen-bond donors (Lipinski definition) is 1. The minimum atomic E-state index is -0.335. The van der Waals surface area contributed by atoms with Gasteiger partial charge in [0, 0.05) is 6.42 Å². The van der Waals surface area contributed by atoms with Crippen LogP contribution in [-0.2, 0) is 21.0 Å². The molecule has 1 N–H and O–H groups in total. The van der Waals surface area contributed by atoms with E-state index in [1.54, 1.807) is 7.05 Å². The number of benzene rings is 1. The molecule has 1 aromatic rings. The number of nitrogens with one attached hydrogen (secondary N) is 1. The molecule has 1 unspecified atom stereocenters. The van der Waals surface area contributed by atoms with Gasteiger partial charge in [-0.1, -0.05) is 30.3 Å². The number of amides is 2. The Morgan fingerprint density at radius 1 is 1.33 bits per heavy atom. The standard InChI is InChI=1S/C13H16N2O3/c1-14-11-7-8-12(16)15(13(11)17)18-9-10-5-3-2-4-6-10/h2-6,11,14H,7-9H2,1H3. The van der Waals surface area contributed by atoms with Crippen LogP contribution in [0.5, 0.6) is 0 Å². The zero-order valence-corrected chi connectivity index (χ0v) is 10.3.